The van der Waals surface area contributed by atoms with Crippen LogP contribution in [0.4, 0.5) is 0 Å². The van der Waals surface area contributed by atoms with Crippen LogP contribution in [0, 0.1) is 5.41 Å². The second-order valence-corrected chi connectivity index (χ2v) is 5.40. The first-order chi connectivity index (χ1) is 5.17. The lowest BCUT2D eigenvalue weighted by molar-refractivity contribution is 0.232. The van der Waals surface area contributed by atoms with E-state index in [1.807, 2.05) is 7.05 Å². The van der Waals surface area contributed by atoms with Crippen LogP contribution in [0.15, 0.2) is 0 Å². The van der Waals surface area contributed by atoms with Gasteiger partial charge in [0.15, 0.2) is 0 Å². The van der Waals surface area contributed by atoms with Crippen molar-refractivity contribution in [3.05, 3.63) is 0 Å². The van der Waals surface area contributed by atoms with Crippen LogP contribution >= 0.6 is 0 Å². The topological polar surface area (TPSA) is 38.0 Å². The van der Waals surface area contributed by atoms with Gasteiger partial charge in [0.25, 0.3) is 0 Å². The van der Waals surface area contributed by atoms with Crippen LogP contribution in [0.5, 0.6) is 0 Å². The van der Waals surface area contributed by atoms with E-state index in [1.54, 1.807) is 0 Å². The van der Waals surface area contributed by atoms with Crippen molar-refractivity contribution in [2.45, 2.75) is 52.6 Å². The van der Waals surface area contributed by atoms with Gasteiger partial charge >= 0.3 is 0 Å². The molecular weight excluding hydrogens is 148 g/mol. The molecule has 0 aromatic heterocycles. The Kier molecular flexibility index (Phi) is 3.73. The third-order valence-electron chi connectivity index (χ3n) is 2.12. The lowest BCUT2D eigenvalue weighted by Gasteiger charge is -2.35. The van der Waals surface area contributed by atoms with E-state index in [9.17, 15) is 0 Å². The van der Waals surface area contributed by atoms with Crippen molar-refractivity contribution in [1.29, 1.82) is 0 Å². The summed E-state index contributed by atoms with van der Waals surface area (Å²) >= 11 is 0. The maximum atomic E-state index is 5.97. The number of nitrogens with two attached hydrogens (primary N) is 1. The van der Waals surface area contributed by atoms with Gasteiger partial charge in [-0.05, 0) is 32.7 Å². The molecule has 0 fully saturated rings. The maximum Gasteiger partial charge on any atom is 0.0130 e. The summed E-state index contributed by atoms with van der Waals surface area (Å²) in [6, 6.07) is 0.484. The first-order valence-corrected chi connectivity index (χ1v) is 4.63. The summed E-state index contributed by atoms with van der Waals surface area (Å²) < 4.78 is 0. The zero-order valence-corrected chi connectivity index (χ0v) is 9.36. The first kappa shape index (κ1) is 11.9. The second kappa shape index (κ2) is 3.75. The van der Waals surface area contributed by atoms with Crippen molar-refractivity contribution in [2.75, 3.05) is 7.05 Å². The fourth-order valence-corrected chi connectivity index (χ4v) is 1.37. The number of hydrogen-bond acceptors (Lipinski definition) is 2. The van der Waals surface area contributed by atoms with Gasteiger partial charge in [0.1, 0.15) is 0 Å². The Bertz CT molecular complexity index is 128. The van der Waals surface area contributed by atoms with E-state index in [2.05, 4.69) is 39.9 Å². The van der Waals surface area contributed by atoms with Crippen molar-refractivity contribution in [3.8, 4) is 0 Å². The van der Waals surface area contributed by atoms with Gasteiger partial charge in [0.05, 0.1) is 0 Å². The second-order valence-electron chi connectivity index (χ2n) is 5.40. The highest BCUT2D eigenvalue weighted by Gasteiger charge is 2.27. The zero-order valence-electron chi connectivity index (χ0n) is 9.36. The molecule has 0 saturated heterocycles. The molecule has 0 spiro atoms. The van der Waals surface area contributed by atoms with E-state index in [-0.39, 0.29) is 11.0 Å². The Labute approximate surface area is 76.9 Å². The molecule has 0 radical (unpaired) electrons. The predicted octanol–water partition coefficient (Wildman–Crippen LogP) is 1.75. The molecule has 12 heavy (non-hydrogen) atoms. The highest BCUT2D eigenvalue weighted by molar-refractivity contribution is 4.87. The summed E-state index contributed by atoms with van der Waals surface area (Å²) in [5.74, 6) is 0. The summed E-state index contributed by atoms with van der Waals surface area (Å²) in [6.07, 6.45) is 1.01. The number of rotatable bonds is 3. The van der Waals surface area contributed by atoms with Crippen LogP contribution in [0.25, 0.3) is 0 Å². The van der Waals surface area contributed by atoms with Crippen LogP contribution in [0.1, 0.15) is 41.0 Å². The Hall–Kier alpha value is -0.0800. The van der Waals surface area contributed by atoms with E-state index in [0.717, 1.165) is 6.42 Å². The average molecular weight is 172 g/mol. The van der Waals surface area contributed by atoms with E-state index in [4.69, 9.17) is 5.73 Å². The molecule has 0 aromatic carbocycles. The molecule has 0 aromatic rings. The Morgan fingerprint density at radius 3 is 1.67 bits per heavy atom. The molecule has 0 aliphatic rings. The summed E-state index contributed by atoms with van der Waals surface area (Å²) in [7, 11) is 2.00. The fourth-order valence-electron chi connectivity index (χ4n) is 1.37. The molecule has 0 aliphatic carbocycles. The Morgan fingerprint density at radius 1 is 1.17 bits per heavy atom. The van der Waals surface area contributed by atoms with Crippen molar-refractivity contribution in [2.24, 2.45) is 11.1 Å². The third kappa shape index (κ3) is 4.73. The standard InChI is InChI=1S/C10H24N2/c1-9(2,3)8(12-6)7-10(4,5)11/h8,12H,7,11H2,1-6H3. The van der Waals surface area contributed by atoms with E-state index in [1.165, 1.54) is 0 Å². The number of nitrogens with one attached hydrogen (secondary N) is 1. The SMILES string of the molecule is CNC(CC(C)(C)N)C(C)(C)C. The zero-order chi connectivity index (χ0) is 9.99. The minimum atomic E-state index is -0.0824. The molecule has 2 nitrogen and oxygen atoms in total. The Morgan fingerprint density at radius 2 is 1.58 bits per heavy atom. The van der Waals surface area contributed by atoms with E-state index in [0.29, 0.717) is 6.04 Å². The number of hydrogen-bond donors (Lipinski definition) is 2. The molecule has 0 amide bonds. The van der Waals surface area contributed by atoms with Crippen LogP contribution in [0.3, 0.4) is 0 Å². The lowest BCUT2D eigenvalue weighted by Crippen LogP contribution is -2.46. The van der Waals surface area contributed by atoms with Crippen LogP contribution in [-0.4, -0.2) is 18.6 Å². The highest BCUT2D eigenvalue weighted by atomic mass is 14.9. The largest absolute Gasteiger partial charge is 0.326 e. The molecule has 74 valence electrons. The highest BCUT2D eigenvalue weighted by Crippen LogP contribution is 2.24. The molecule has 0 bridgehead atoms. The quantitative estimate of drug-likeness (QED) is 0.680. The van der Waals surface area contributed by atoms with Gasteiger partial charge in [-0.15, -0.1) is 0 Å². The molecule has 1 atom stereocenters. The first-order valence-electron chi connectivity index (χ1n) is 4.63. The van der Waals surface area contributed by atoms with E-state index >= 15 is 0 Å². The van der Waals surface area contributed by atoms with Crippen LogP contribution in [-0.2, 0) is 0 Å². The molecule has 0 heterocycles. The van der Waals surface area contributed by atoms with Gasteiger partial charge in [0.2, 0.25) is 0 Å². The summed E-state index contributed by atoms with van der Waals surface area (Å²) in [4.78, 5) is 0. The molecule has 0 aliphatic heterocycles. The van der Waals surface area contributed by atoms with Crippen molar-refractivity contribution in [3.63, 3.8) is 0 Å². The minimum Gasteiger partial charge on any atom is -0.326 e. The van der Waals surface area contributed by atoms with Gasteiger partial charge in [-0.3, -0.25) is 0 Å². The Balaban J connectivity index is 4.20. The predicted molar refractivity (Wildman–Crippen MR) is 55.2 cm³/mol. The minimum absolute atomic E-state index is 0.0824. The van der Waals surface area contributed by atoms with Gasteiger partial charge in [-0.1, -0.05) is 20.8 Å². The van der Waals surface area contributed by atoms with Crippen molar-refractivity contribution in [1.82, 2.24) is 5.32 Å². The normalized spacial score (nSPS) is 16.2. The molecule has 2 heteroatoms. The van der Waals surface area contributed by atoms with Gasteiger partial charge in [-0.2, -0.15) is 0 Å². The summed E-state index contributed by atoms with van der Waals surface area (Å²) in [5, 5.41) is 3.32. The fraction of sp³-hybridized carbons (Fsp3) is 1.00. The average Bonchev–Trinajstić information content (AvgIpc) is 1.78. The van der Waals surface area contributed by atoms with Crippen molar-refractivity contribution >= 4 is 0 Å². The van der Waals surface area contributed by atoms with Gasteiger partial charge in [0, 0.05) is 11.6 Å². The molecule has 1 unspecified atom stereocenters. The monoisotopic (exact) mass is 172 g/mol. The molecule has 0 rings (SSSR count). The van der Waals surface area contributed by atoms with Gasteiger partial charge in [-0.25, -0.2) is 0 Å². The summed E-state index contributed by atoms with van der Waals surface area (Å²) in [6.45, 7) is 10.9. The maximum absolute atomic E-state index is 5.97. The smallest absolute Gasteiger partial charge is 0.0130 e. The molecular formula is C10H24N2. The van der Waals surface area contributed by atoms with Crippen LogP contribution in [0.2, 0.25) is 0 Å². The summed E-state index contributed by atoms with van der Waals surface area (Å²) in [5.41, 5.74) is 6.17. The van der Waals surface area contributed by atoms with Gasteiger partial charge < -0.3 is 11.1 Å². The van der Waals surface area contributed by atoms with E-state index < -0.39 is 0 Å². The molecule has 0 saturated carbocycles. The third-order valence-corrected chi connectivity index (χ3v) is 2.12. The van der Waals surface area contributed by atoms with Crippen LogP contribution < -0.4 is 11.1 Å². The van der Waals surface area contributed by atoms with Crippen molar-refractivity contribution < 1.29 is 0 Å². The molecule has 3 N–H and O–H groups in total. The lowest BCUT2D eigenvalue weighted by atomic mass is 9.80.